The van der Waals surface area contributed by atoms with Crippen LogP contribution in [0.5, 0.6) is 0 Å². The normalized spacial score (nSPS) is 11.4. The fraction of sp³-hybridized carbons (Fsp3) is 0.286. The van der Waals surface area contributed by atoms with Gasteiger partial charge in [-0.3, -0.25) is 14.4 Å². The highest BCUT2D eigenvalue weighted by Crippen LogP contribution is 2.09. The van der Waals surface area contributed by atoms with Crippen LogP contribution in [0.25, 0.3) is 0 Å². The molecule has 0 saturated carbocycles. The van der Waals surface area contributed by atoms with Gasteiger partial charge in [0.05, 0.1) is 6.42 Å². The minimum Gasteiger partial charge on any atom is -0.456 e. The maximum Gasteiger partial charge on any atom is 0.308 e. The maximum absolute atomic E-state index is 12.0. The van der Waals surface area contributed by atoms with Crippen molar-refractivity contribution in [3.05, 3.63) is 70.7 Å². The highest BCUT2D eigenvalue weighted by Gasteiger charge is 2.15. The standard InChI is InChI=1S/C21H23ClN2O4/c1-15(24-21(27)17-5-3-2-4-6-17)13-20(26)28-14-19(25)23-12-11-16-7-9-18(22)10-8-16/h2-10,15H,11-14H2,1H3,(H,23,25)(H,24,27). The predicted octanol–water partition coefficient (Wildman–Crippen LogP) is 2.75. The van der Waals surface area contributed by atoms with E-state index in [1.165, 1.54) is 0 Å². The number of hydrogen-bond acceptors (Lipinski definition) is 4. The summed E-state index contributed by atoms with van der Waals surface area (Å²) in [5.41, 5.74) is 1.56. The van der Waals surface area contributed by atoms with Crippen LogP contribution >= 0.6 is 11.6 Å². The molecule has 148 valence electrons. The Bertz CT molecular complexity index is 794. The molecule has 0 spiro atoms. The second-order valence-corrected chi connectivity index (χ2v) is 6.77. The average molecular weight is 403 g/mol. The quantitative estimate of drug-likeness (QED) is 0.631. The number of rotatable bonds is 9. The molecule has 1 unspecified atom stereocenters. The Hall–Kier alpha value is -2.86. The second-order valence-electron chi connectivity index (χ2n) is 6.33. The Morgan fingerprint density at radius 2 is 1.71 bits per heavy atom. The summed E-state index contributed by atoms with van der Waals surface area (Å²) in [6, 6.07) is 15.7. The zero-order valence-electron chi connectivity index (χ0n) is 15.6. The summed E-state index contributed by atoms with van der Waals surface area (Å²) in [7, 11) is 0. The minimum atomic E-state index is -0.547. The van der Waals surface area contributed by atoms with E-state index in [2.05, 4.69) is 10.6 Å². The molecule has 0 heterocycles. The summed E-state index contributed by atoms with van der Waals surface area (Å²) in [4.78, 5) is 35.6. The van der Waals surface area contributed by atoms with Crippen molar-refractivity contribution in [3.8, 4) is 0 Å². The first-order chi connectivity index (χ1) is 13.4. The molecule has 1 atom stereocenters. The number of hydrogen-bond donors (Lipinski definition) is 2. The monoisotopic (exact) mass is 402 g/mol. The molecule has 2 aromatic carbocycles. The molecule has 2 aromatic rings. The molecule has 0 fully saturated rings. The topological polar surface area (TPSA) is 84.5 Å². The van der Waals surface area contributed by atoms with Crippen LogP contribution in [0.3, 0.4) is 0 Å². The molecule has 0 radical (unpaired) electrons. The lowest BCUT2D eigenvalue weighted by Gasteiger charge is -2.13. The van der Waals surface area contributed by atoms with Crippen molar-refractivity contribution >= 4 is 29.4 Å². The number of amides is 2. The van der Waals surface area contributed by atoms with E-state index in [4.69, 9.17) is 16.3 Å². The fourth-order valence-electron chi connectivity index (χ4n) is 2.45. The lowest BCUT2D eigenvalue weighted by Crippen LogP contribution is -2.35. The Labute approximate surface area is 169 Å². The summed E-state index contributed by atoms with van der Waals surface area (Å²) in [6.45, 7) is 1.79. The average Bonchev–Trinajstić information content (AvgIpc) is 2.68. The Kier molecular flexibility index (Phi) is 8.49. The number of carbonyl (C=O) groups excluding carboxylic acids is 3. The number of halogens is 1. The predicted molar refractivity (Wildman–Crippen MR) is 107 cm³/mol. The van der Waals surface area contributed by atoms with Crippen LogP contribution in [0.4, 0.5) is 0 Å². The highest BCUT2D eigenvalue weighted by atomic mass is 35.5. The SMILES string of the molecule is CC(CC(=O)OCC(=O)NCCc1ccc(Cl)cc1)NC(=O)c1ccccc1. The van der Waals surface area contributed by atoms with Crippen molar-refractivity contribution in [3.63, 3.8) is 0 Å². The molecule has 0 aliphatic carbocycles. The molecule has 0 aromatic heterocycles. The third-order valence-electron chi connectivity index (χ3n) is 3.90. The third-order valence-corrected chi connectivity index (χ3v) is 4.15. The van der Waals surface area contributed by atoms with E-state index in [1.807, 2.05) is 18.2 Å². The second kappa shape index (κ2) is 11.1. The first-order valence-electron chi connectivity index (χ1n) is 8.96. The number of nitrogens with one attached hydrogen (secondary N) is 2. The van der Waals surface area contributed by atoms with Crippen molar-refractivity contribution < 1.29 is 19.1 Å². The van der Waals surface area contributed by atoms with Gasteiger partial charge < -0.3 is 15.4 Å². The molecule has 28 heavy (non-hydrogen) atoms. The van der Waals surface area contributed by atoms with Gasteiger partial charge in [-0.05, 0) is 43.2 Å². The Morgan fingerprint density at radius 3 is 2.39 bits per heavy atom. The van der Waals surface area contributed by atoms with E-state index >= 15 is 0 Å². The minimum absolute atomic E-state index is 0.0172. The molecule has 0 aliphatic heterocycles. The Morgan fingerprint density at radius 1 is 1.04 bits per heavy atom. The lowest BCUT2D eigenvalue weighted by atomic mass is 10.1. The summed E-state index contributed by atoms with van der Waals surface area (Å²) in [5, 5.41) is 6.07. The van der Waals surface area contributed by atoms with Crippen LogP contribution in [0.2, 0.25) is 5.02 Å². The van der Waals surface area contributed by atoms with Crippen LogP contribution in [-0.2, 0) is 20.7 Å². The smallest absolute Gasteiger partial charge is 0.308 e. The largest absolute Gasteiger partial charge is 0.456 e. The van der Waals surface area contributed by atoms with E-state index < -0.39 is 12.0 Å². The van der Waals surface area contributed by atoms with Gasteiger partial charge in [0.15, 0.2) is 6.61 Å². The fourth-order valence-corrected chi connectivity index (χ4v) is 2.58. The molecular weight excluding hydrogens is 380 g/mol. The van der Waals surface area contributed by atoms with E-state index in [-0.39, 0.29) is 24.8 Å². The van der Waals surface area contributed by atoms with E-state index in [1.54, 1.807) is 43.3 Å². The first-order valence-corrected chi connectivity index (χ1v) is 9.34. The van der Waals surface area contributed by atoms with Gasteiger partial charge in [-0.2, -0.15) is 0 Å². The van der Waals surface area contributed by atoms with Gasteiger partial charge in [-0.15, -0.1) is 0 Å². The third kappa shape index (κ3) is 7.80. The zero-order valence-corrected chi connectivity index (χ0v) is 16.4. The molecule has 2 amide bonds. The van der Waals surface area contributed by atoms with Crippen LogP contribution < -0.4 is 10.6 Å². The molecular formula is C21H23ClN2O4. The van der Waals surface area contributed by atoms with Crippen LogP contribution in [-0.4, -0.2) is 37.0 Å². The van der Waals surface area contributed by atoms with Crippen molar-refractivity contribution in [2.45, 2.75) is 25.8 Å². The van der Waals surface area contributed by atoms with Crippen molar-refractivity contribution in [1.82, 2.24) is 10.6 Å². The highest BCUT2D eigenvalue weighted by molar-refractivity contribution is 6.30. The Balaban J connectivity index is 1.62. The molecule has 0 aliphatic rings. The summed E-state index contributed by atoms with van der Waals surface area (Å²) in [6.07, 6.45) is 0.635. The molecule has 0 saturated heterocycles. The van der Waals surface area contributed by atoms with Gasteiger partial charge in [-0.25, -0.2) is 0 Å². The van der Waals surface area contributed by atoms with Crippen molar-refractivity contribution in [2.75, 3.05) is 13.2 Å². The summed E-state index contributed by atoms with van der Waals surface area (Å²) >= 11 is 5.82. The van der Waals surface area contributed by atoms with Crippen LogP contribution in [0.1, 0.15) is 29.3 Å². The van der Waals surface area contributed by atoms with Crippen molar-refractivity contribution in [2.24, 2.45) is 0 Å². The molecule has 0 bridgehead atoms. The van der Waals surface area contributed by atoms with E-state index in [9.17, 15) is 14.4 Å². The van der Waals surface area contributed by atoms with Gasteiger partial charge in [0.1, 0.15) is 0 Å². The molecule has 2 N–H and O–H groups in total. The van der Waals surface area contributed by atoms with Gasteiger partial charge in [0.25, 0.3) is 11.8 Å². The number of ether oxygens (including phenoxy) is 1. The molecule has 2 rings (SSSR count). The maximum atomic E-state index is 12.0. The van der Waals surface area contributed by atoms with Gasteiger partial charge in [0, 0.05) is 23.2 Å². The van der Waals surface area contributed by atoms with Crippen molar-refractivity contribution in [1.29, 1.82) is 0 Å². The zero-order chi connectivity index (χ0) is 20.4. The van der Waals surface area contributed by atoms with Crippen LogP contribution in [0.15, 0.2) is 54.6 Å². The summed E-state index contributed by atoms with van der Waals surface area (Å²) in [5.74, 6) is -1.18. The molecule has 7 heteroatoms. The number of carbonyl (C=O) groups is 3. The number of benzene rings is 2. The lowest BCUT2D eigenvalue weighted by molar-refractivity contribution is -0.148. The number of esters is 1. The summed E-state index contributed by atoms with van der Waals surface area (Å²) < 4.78 is 4.96. The van der Waals surface area contributed by atoms with Crippen LogP contribution in [0, 0.1) is 0 Å². The first kappa shape index (κ1) is 21.4. The van der Waals surface area contributed by atoms with E-state index in [0.29, 0.717) is 23.6 Å². The van der Waals surface area contributed by atoms with Gasteiger partial charge in [0.2, 0.25) is 0 Å². The molecule has 6 nitrogen and oxygen atoms in total. The van der Waals surface area contributed by atoms with E-state index in [0.717, 1.165) is 5.56 Å². The van der Waals surface area contributed by atoms with Gasteiger partial charge >= 0.3 is 5.97 Å². The van der Waals surface area contributed by atoms with Gasteiger partial charge in [-0.1, -0.05) is 41.9 Å².